The van der Waals surface area contributed by atoms with Gasteiger partial charge >= 0.3 is 6.03 Å². The second-order valence-electron chi connectivity index (χ2n) is 5.29. The molecule has 2 N–H and O–H groups in total. The molecule has 6 heteroatoms. The maximum Gasteiger partial charge on any atom is 0.319 e. The first-order chi connectivity index (χ1) is 10.2. The van der Waals surface area contributed by atoms with Gasteiger partial charge in [0.25, 0.3) is 0 Å². The van der Waals surface area contributed by atoms with Crippen molar-refractivity contribution in [1.82, 2.24) is 15.5 Å². The van der Waals surface area contributed by atoms with Crippen LogP contribution in [0, 0.1) is 6.92 Å². The number of hydrogen-bond acceptors (Lipinski definition) is 4. The van der Waals surface area contributed by atoms with Gasteiger partial charge in [0, 0.05) is 24.2 Å². The molecule has 1 aromatic heterocycles. The predicted octanol–water partition coefficient (Wildman–Crippen LogP) is 3.11. The van der Waals surface area contributed by atoms with Gasteiger partial charge in [-0.05, 0) is 31.0 Å². The fourth-order valence-electron chi connectivity index (χ4n) is 2.57. The SMILES string of the molecule is Cc1nnc(-c2cccc(NC(=O)NC3CCCC3)c2)o1. The molecule has 0 spiro atoms. The van der Waals surface area contributed by atoms with Gasteiger partial charge in [-0.3, -0.25) is 0 Å². The fourth-order valence-corrected chi connectivity index (χ4v) is 2.57. The van der Waals surface area contributed by atoms with E-state index < -0.39 is 0 Å². The zero-order valence-electron chi connectivity index (χ0n) is 11.9. The van der Waals surface area contributed by atoms with Crippen LogP contribution >= 0.6 is 0 Å². The summed E-state index contributed by atoms with van der Waals surface area (Å²) in [4.78, 5) is 11.9. The van der Waals surface area contributed by atoms with Crippen molar-refractivity contribution in [2.24, 2.45) is 0 Å². The van der Waals surface area contributed by atoms with Gasteiger partial charge in [-0.2, -0.15) is 0 Å². The lowest BCUT2D eigenvalue weighted by molar-refractivity contribution is 0.248. The first-order valence-electron chi connectivity index (χ1n) is 7.19. The van der Waals surface area contributed by atoms with Crippen LogP contribution in [0.5, 0.6) is 0 Å². The third kappa shape index (κ3) is 3.39. The van der Waals surface area contributed by atoms with E-state index in [1.165, 1.54) is 12.8 Å². The van der Waals surface area contributed by atoms with Crippen molar-refractivity contribution in [3.8, 4) is 11.5 Å². The van der Waals surface area contributed by atoms with Crippen LogP contribution in [-0.4, -0.2) is 22.3 Å². The lowest BCUT2D eigenvalue weighted by Crippen LogP contribution is -2.36. The van der Waals surface area contributed by atoms with Gasteiger partial charge in [0.1, 0.15) is 0 Å². The van der Waals surface area contributed by atoms with Crippen molar-refractivity contribution < 1.29 is 9.21 Å². The average Bonchev–Trinajstić information content (AvgIpc) is 3.10. The van der Waals surface area contributed by atoms with Crippen LogP contribution in [0.2, 0.25) is 0 Å². The summed E-state index contributed by atoms with van der Waals surface area (Å²) in [7, 11) is 0. The van der Waals surface area contributed by atoms with Crippen molar-refractivity contribution >= 4 is 11.7 Å². The molecule has 0 bridgehead atoms. The number of aryl methyl sites for hydroxylation is 1. The summed E-state index contributed by atoms with van der Waals surface area (Å²) in [6.07, 6.45) is 4.51. The van der Waals surface area contributed by atoms with Crippen molar-refractivity contribution in [3.05, 3.63) is 30.2 Å². The molecule has 1 aromatic carbocycles. The largest absolute Gasteiger partial charge is 0.421 e. The zero-order valence-corrected chi connectivity index (χ0v) is 11.9. The summed E-state index contributed by atoms with van der Waals surface area (Å²) in [5.41, 5.74) is 1.49. The third-order valence-electron chi connectivity index (χ3n) is 3.58. The highest BCUT2D eigenvalue weighted by Gasteiger charge is 2.17. The molecule has 1 heterocycles. The molecule has 0 atom stereocenters. The maximum atomic E-state index is 11.9. The third-order valence-corrected chi connectivity index (χ3v) is 3.58. The van der Waals surface area contributed by atoms with E-state index in [-0.39, 0.29) is 6.03 Å². The van der Waals surface area contributed by atoms with Crippen LogP contribution in [0.15, 0.2) is 28.7 Å². The predicted molar refractivity (Wildman–Crippen MR) is 78.9 cm³/mol. The molecule has 21 heavy (non-hydrogen) atoms. The van der Waals surface area contributed by atoms with E-state index in [0.29, 0.717) is 23.5 Å². The Balaban J connectivity index is 1.66. The maximum absolute atomic E-state index is 11.9. The first kappa shape index (κ1) is 13.6. The molecule has 0 unspecified atom stereocenters. The lowest BCUT2D eigenvalue weighted by atomic mass is 10.2. The summed E-state index contributed by atoms with van der Waals surface area (Å²) in [5.74, 6) is 0.967. The zero-order chi connectivity index (χ0) is 14.7. The van der Waals surface area contributed by atoms with Crippen LogP contribution in [0.3, 0.4) is 0 Å². The molecule has 0 aliphatic heterocycles. The van der Waals surface area contributed by atoms with Crippen LogP contribution in [-0.2, 0) is 0 Å². The standard InChI is InChI=1S/C15H18N4O2/c1-10-18-19-14(21-10)11-5-4-8-13(9-11)17-15(20)16-12-6-2-3-7-12/h4-5,8-9,12H,2-3,6-7H2,1H3,(H2,16,17,20). The minimum Gasteiger partial charge on any atom is -0.421 e. The number of anilines is 1. The van der Waals surface area contributed by atoms with Gasteiger partial charge in [0.2, 0.25) is 11.8 Å². The van der Waals surface area contributed by atoms with Gasteiger partial charge in [0.15, 0.2) is 0 Å². The molecule has 1 fully saturated rings. The minimum atomic E-state index is -0.166. The van der Waals surface area contributed by atoms with Gasteiger partial charge in [-0.1, -0.05) is 18.9 Å². The Morgan fingerprint density at radius 1 is 1.29 bits per heavy atom. The van der Waals surface area contributed by atoms with Crippen LogP contribution in [0.1, 0.15) is 31.6 Å². The number of urea groups is 1. The molecule has 3 rings (SSSR count). The Bertz CT molecular complexity index is 632. The molecule has 0 saturated heterocycles. The summed E-state index contributed by atoms with van der Waals surface area (Å²) < 4.78 is 5.39. The number of amides is 2. The van der Waals surface area contributed by atoms with E-state index in [9.17, 15) is 4.79 Å². The van der Waals surface area contributed by atoms with Crippen LogP contribution < -0.4 is 10.6 Å². The number of nitrogens with zero attached hydrogens (tertiary/aromatic N) is 2. The summed E-state index contributed by atoms with van der Waals surface area (Å²) in [6.45, 7) is 1.74. The Labute approximate surface area is 123 Å². The number of carbonyl (C=O) groups excluding carboxylic acids is 1. The van der Waals surface area contributed by atoms with E-state index in [1.54, 1.807) is 6.92 Å². The van der Waals surface area contributed by atoms with Crippen molar-refractivity contribution in [1.29, 1.82) is 0 Å². The second-order valence-corrected chi connectivity index (χ2v) is 5.29. The van der Waals surface area contributed by atoms with E-state index in [0.717, 1.165) is 18.4 Å². The molecule has 110 valence electrons. The number of carbonyl (C=O) groups is 1. The molecule has 6 nitrogen and oxygen atoms in total. The number of hydrogen-bond donors (Lipinski definition) is 2. The number of rotatable bonds is 3. The normalized spacial score (nSPS) is 15.1. The summed E-state index contributed by atoms with van der Waals surface area (Å²) in [5, 5.41) is 13.6. The highest BCUT2D eigenvalue weighted by atomic mass is 16.4. The molecular formula is C15H18N4O2. The quantitative estimate of drug-likeness (QED) is 0.908. The molecule has 0 radical (unpaired) electrons. The smallest absolute Gasteiger partial charge is 0.319 e. The van der Waals surface area contributed by atoms with Gasteiger partial charge < -0.3 is 15.1 Å². The van der Waals surface area contributed by atoms with Crippen molar-refractivity contribution in [2.75, 3.05) is 5.32 Å². The average molecular weight is 286 g/mol. The number of benzene rings is 1. The Morgan fingerprint density at radius 2 is 2.10 bits per heavy atom. The monoisotopic (exact) mass is 286 g/mol. The van der Waals surface area contributed by atoms with E-state index in [2.05, 4.69) is 20.8 Å². The minimum absolute atomic E-state index is 0.166. The molecule has 2 aromatic rings. The van der Waals surface area contributed by atoms with E-state index in [1.807, 2.05) is 24.3 Å². The van der Waals surface area contributed by atoms with Gasteiger partial charge in [-0.25, -0.2) is 4.79 Å². The number of nitrogens with one attached hydrogen (secondary N) is 2. The summed E-state index contributed by atoms with van der Waals surface area (Å²) in [6, 6.07) is 7.50. The Hall–Kier alpha value is -2.37. The molecular weight excluding hydrogens is 268 g/mol. The Morgan fingerprint density at radius 3 is 2.81 bits per heavy atom. The highest BCUT2D eigenvalue weighted by molar-refractivity contribution is 5.90. The van der Waals surface area contributed by atoms with E-state index >= 15 is 0 Å². The van der Waals surface area contributed by atoms with Crippen LogP contribution in [0.25, 0.3) is 11.5 Å². The molecule has 1 saturated carbocycles. The Kier molecular flexibility index (Phi) is 3.85. The lowest BCUT2D eigenvalue weighted by Gasteiger charge is -2.13. The van der Waals surface area contributed by atoms with Crippen molar-refractivity contribution in [3.63, 3.8) is 0 Å². The fraction of sp³-hybridized carbons (Fsp3) is 0.400. The highest BCUT2D eigenvalue weighted by Crippen LogP contribution is 2.22. The van der Waals surface area contributed by atoms with Crippen molar-refractivity contribution in [2.45, 2.75) is 38.6 Å². The molecule has 1 aliphatic carbocycles. The topological polar surface area (TPSA) is 80.0 Å². The number of aromatic nitrogens is 2. The molecule has 2 amide bonds. The van der Waals surface area contributed by atoms with Gasteiger partial charge in [-0.15, -0.1) is 10.2 Å². The summed E-state index contributed by atoms with van der Waals surface area (Å²) >= 11 is 0. The second kappa shape index (κ2) is 5.95. The molecule has 1 aliphatic rings. The van der Waals surface area contributed by atoms with Crippen LogP contribution in [0.4, 0.5) is 10.5 Å². The first-order valence-corrected chi connectivity index (χ1v) is 7.19. The van der Waals surface area contributed by atoms with E-state index in [4.69, 9.17) is 4.42 Å². The van der Waals surface area contributed by atoms with Gasteiger partial charge in [0.05, 0.1) is 0 Å².